The molecule has 5 atom stereocenters. The van der Waals surface area contributed by atoms with Crippen LogP contribution in [0.15, 0.2) is 12.7 Å². The van der Waals surface area contributed by atoms with Crippen LogP contribution >= 0.6 is 0 Å². The van der Waals surface area contributed by atoms with Gasteiger partial charge in [-0.3, -0.25) is 23.7 Å². The van der Waals surface area contributed by atoms with Crippen molar-refractivity contribution in [3.05, 3.63) is 12.7 Å². The summed E-state index contributed by atoms with van der Waals surface area (Å²) in [5, 5.41) is 2.66. The van der Waals surface area contributed by atoms with E-state index in [9.17, 15) is 19.2 Å². The minimum Gasteiger partial charge on any atom is -0.463 e. The zero-order chi connectivity index (χ0) is 24.3. The zero-order valence-corrected chi connectivity index (χ0v) is 18.4. The number of hydrogen-bond donors (Lipinski definition) is 2. The molecule has 1 aliphatic rings. The number of carbonyl (C=O) groups excluding carboxylic acids is 4. The molecule has 0 spiro atoms. The topological polar surface area (TPSA) is 187 Å². The third kappa shape index (κ3) is 5.34. The summed E-state index contributed by atoms with van der Waals surface area (Å²) in [6, 6.07) is -1.06. The van der Waals surface area contributed by atoms with Crippen LogP contribution in [0.25, 0.3) is 11.2 Å². The molecule has 1 fully saturated rings. The molecule has 3 heterocycles. The number of hydrogen-bond acceptors (Lipinski definition) is 12. The number of esters is 3. The molecule has 0 aliphatic carbocycles. The first-order valence-electron chi connectivity index (χ1n) is 9.91. The molecule has 3 N–H and O–H groups in total. The summed E-state index contributed by atoms with van der Waals surface area (Å²) in [6.07, 6.45) is -1.90. The molecule has 2 aromatic heterocycles. The van der Waals surface area contributed by atoms with Crippen molar-refractivity contribution in [1.82, 2.24) is 24.8 Å². The zero-order valence-electron chi connectivity index (χ0n) is 18.4. The molecule has 1 amide bonds. The van der Waals surface area contributed by atoms with Gasteiger partial charge in [0.2, 0.25) is 5.91 Å². The van der Waals surface area contributed by atoms with Gasteiger partial charge in [-0.25, -0.2) is 15.0 Å². The summed E-state index contributed by atoms with van der Waals surface area (Å²) in [6.45, 7) is 4.50. The molecule has 0 bridgehead atoms. The Morgan fingerprint density at radius 2 is 1.70 bits per heavy atom. The van der Waals surface area contributed by atoms with E-state index in [1.54, 1.807) is 0 Å². The van der Waals surface area contributed by atoms with E-state index >= 15 is 0 Å². The second kappa shape index (κ2) is 9.77. The molecular weight excluding hydrogens is 440 g/mol. The van der Waals surface area contributed by atoms with Gasteiger partial charge in [-0.1, -0.05) is 0 Å². The second-order valence-electron chi connectivity index (χ2n) is 7.33. The number of imidazole rings is 1. The highest BCUT2D eigenvalue weighted by Gasteiger charge is 2.51. The van der Waals surface area contributed by atoms with Crippen molar-refractivity contribution in [2.24, 2.45) is 0 Å². The number of amides is 1. The predicted octanol–water partition coefficient (Wildman–Crippen LogP) is -0.763. The summed E-state index contributed by atoms with van der Waals surface area (Å²) in [4.78, 5) is 59.5. The second-order valence-corrected chi connectivity index (χ2v) is 7.33. The molecule has 0 saturated carbocycles. The lowest BCUT2D eigenvalue weighted by Gasteiger charge is -2.45. The van der Waals surface area contributed by atoms with Crippen molar-refractivity contribution in [3.63, 3.8) is 0 Å². The van der Waals surface area contributed by atoms with E-state index < -0.39 is 54.4 Å². The van der Waals surface area contributed by atoms with Crippen LogP contribution in [-0.2, 0) is 38.1 Å². The number of nitrogens with two attached hydrogens (primary N) is 1. The van der Waals surface area contributed by atoms with Crippen LogP contribution in [0.1, 0.15) is 33.9 Å². The SMILES string of the molecule is CC(=O)N[C@@H]1[C@@H](OC(C)=O)[C@H](n2cnc3c(N)ncnc32)O[C@H](COC(C)=O)[C@H]1OC(C)=O. The number of carbonyl (C=O) groups is 4. The van der Waals surface area contributed by atoms with E-state index in [4.69, 9.17) is 24.7 Å². The van der Waals surface area contributed by atoms with Gasteiger partial charge in [-0.2, -0.15) is 0 Å². The minimum atomic E-state index is -1.18. The van der Waals surface area contributed by atoms with Crippen LogP contribution in [0, 0.1) is 0 Å². The Morgan fingerprint density at radius 1 is 1.03 bits per heavy atom. The van der Waals surface area contributed by atoms with Crippen LogP contribution < -0.4 is 11.1 Å². The van der Waals surface area contributed by atoms with Crippen LogP contribution in [0.5, 0.6) is 0 Å². The normalized spacial score (nSPS) is 24.7. The Bertz CT molecular complexity index is 1070. The van der Waals surface area contributed by atoms with E-state index in [0.717, 1.165) is 0 Å². The fourth-order valence-corrected chi connectivity index (χ4v) is 3.61. The van der Waals surface area contributed by atoms with Gasteiger partial charge in [0.05, 0.1) is 6.33 Å². The lowest BCUT2D eigenvalue weighted by Crippen LogP contribution is -2.64. The highest BCUT2D eigenvalue weighted by atomic mass is 16.6. The molecule has 0 unspecified atom stereocenters. The number of rotatable bonds is 6. The van der Waals surface area contributed by atoms with Gasteiger partial charge in [0.15, 0.2) is 29.9 Å². The number of anilines is 1. The Kier molecular flexibility index (Phi) is 7.06. The maximum atomic E-state index is 12.0. The molecule has 0 radical (unpaired) electrons. The first-order chi connectivity index (χ1) is 15.6. The Morgan fingerprint density at radius 3 is 2.30 bits per heavy atom. The largest absolute Gasteiger partial charge is 0.463 e. The first-order valence-corrected chi connectivity index (χ1v) is 9.91. The van der Waals surface area contributed by atoms with Crippen LogP contribution in [0.3, 0.4) is 0 Å². The van der Waals surface area contributed by atoms with Crippen LogP contribution in [0.2, 0.25) is 0 Å². The van der Waals surface area contributed by atoms with Crippen molar-refractivity contribution < 1.29 is 38.1 Å². The standard InChI is InChI=1S/C19H24N6O8/c1-8(26)24-13-15(31-10(3)28)12(5-30-9(2)27)33-19(16(13)32-11(4)29)25-7-23-14-17(20)21-6-22-18(14)25/h6-7,12-13,15-16,19H,5H2,1-4H3,(H,24,26)(H2,20,21,22)/t12-,13+,15-,16-,19-/m1/s1. The fourth-order valence-electron chi connectivity index (χ4n) is 3.61. The summed E-state index contributed by atoms with van der Waals surface area (Å²) in [5.74, 6) is -2.32. The molecule has 33 heavy (non-hydrogen) atoms. The highest BCUT2D eigenvalue weighted by Crippen LogP contribution is 2.34. The smallest absolute Gasteiger partial charge is 0.303 e. The Labute approximate surface area is 187 Å². The van der Waals surface area contributed by atoms with E-state index in [1.165, 1.54) is 44.9 Å². The summed E-state index contributed by atoms with van der Waals surface area (Å²) in [7, 11) is 0. The average molecular weight is 464 g/mol. The summed E-state index contributed by atoms with van der Waals surface area (Å²) >= 11 is 0. The van der Waals surface area contributed by atoms with E-state index in [-0.39, 0.29) is 23.6 Å². The average Bonchev–Trinajstić information content (AvgIpc) is 3.14. The third-order valence-electron chi connectivity index (χ3n) is 4.76. The van der Waals surface area contributed by atoms with Crippen LogP contribution in [-0.4, -0.2) is 74.3 Å². The fraction of sp³-hybridized carbons (Fsp3) is 0.526. The van der Waals surface area contributed by atoms with Crippen molar-refractivity contribution >= 4 is 40.8 Å². The number of nitrogen functional groups attached to an aromatic ring is 1. The van der Waals surface area contributed by atoms with Crippen molar-refractivity contribution in [2.45, 2.75) is 58.3 Å². The van der Waals surface area contributed by atoms with Gasteiger partial charge in [-0.05, 0) is 0 Å². The third-order valence-corrected chi connectivity index (χ3v) is 4.76. The number of nitrogens with zero attached hydrogens (tertiary/aromatic N) is 4. The van der Waals surface area contributed by atoms with Crippen molar-refractivity contribution in [1.29, 1.82) is 0 Å². The highest BCUT2D eigenvalue weighted by molar-refractivity contribution is 5.81. The molecule has 1 aliphatic heterocycles. The van der Waals surface area contributed by atoms with Gasteiger partial charge in [-0.15, -0.1) is 0 Å². The maximum Gasteiger partial charge on any atom is 0.303 e. The van der Waals surface area contributed by atoms with Gasteiger partial charge in [0.25, 0.3) is 0 Å². The lowest BCUT2D eigenvalue weighted by molar-refractivity contribution is -0.237. The Hall–Kier alpha value is -3.81. The molecular formula is C19H24N6O8. The quantitative estimate of drug-likeness (QED) is 0.402. The van der Waals surface area contributed by atoms with Gasteiger partial charge in [0.1, 0.15) is 30.6 Å². The van der Waals surface area contributed by atoms with Crippen molar-refractivity contribution in [3.8, 4) is 0 Å². The van der Waals surface area contributed by atoms with Crippen molar-refractivity contribution in [2.75, 3.05) is 12.3 Å². The molecule has 14 heteroatoms. The minimum absolute atomic E-state index is 0.117. The summed E-state index contributed by atoms with van der Waals surface area (Å²) in [5.41, 5.74) is 6.41. The van der Waals surface area contributed by atoms with Gasteiger partial charge >= 0.3 is 17.9 Å². The summed E-state index contributed by atoms with van der Waals surface area (Å²) < 4.78 is 23.5. The molecule has 1 saturated heterocycles. The van der Waals surface area contributed by atoms with Gasteiger partial charge < -0.3 is 30.0 Å². The monoisotopic (exact) mass is 464 g/mol. The molecule has 0 aromatic carbocycles. The van der Waals surface area contributed by atoms with Gasteiger partial charge in [0, 0.05) is 27.7 Å². The first kappa shape index (κ1) is 23.8. The number of fused-ring (bicyclic) bond motifs is 1. The molecule has 3 rings (SSSR count). The van der Waals surface area contributed by atoms with E-state index in [1.807, 2.05) is 0 Å². The number of aromatic nitrogens is 4. The molecule has 178 valence electrons. The van der Waals surface area contributed by atoms with E-state index in [2.05, 4.69) is 20.3 Å². The van der Waals surface area contributed by atoms with Crippen LogP contribution in [0.4, 0.5) is 5.82 Å². The Balaban J connectivity index is 2.13. The molecule has 2 aromatic rings. The maximum absolute atomic E-state index is 12.0. The lowest BCUT2D eigenvalue weighted by atomic mass is 9.94. The number of nitrogens with one attached hydrogen (secondary N) is 1. The van der Waals surface area contributed by atoms with E-state index in [0.29, 0.717) is 0 Å². The number of ether oxygens (including phenoxy) is 4. The predicted molar refractivity (Wildman–Crippen MR) is 109 cm³/mol. The molecule has 14 nitrogen and oxygen atoms in total.